The lowest BCUT2D eigenvalue weighted by atomic mass is 9.71. The van der Waals surface area contributed by atoms with Crippen LogP contribution in [0, 0.1) is 11.7 Å². The van der Waals surface area contributed by atoms with Gasteiger partial charge in [-0.1, -0.05) is 41.4 Å². The van der Waals surface area contributed by atoms with Gasteiger partial charge in [0.2, 0.25) is 11.8 Å². The minimum absolute atomic E-state index is 0.0852. The Balaban J connectivity index is 2.08. The Kier molecular flexibility index (Phi) is 4.82. The average molecular weight is 438 g/mol. The first kappa shape index (κ1) is 20.1. The number of aliphatic hydroxyl groups excluding tert-OH is 1. The van der Waals surface area contributed by atoms with Crippen LogP contribution in [0.5, 0.6) is 0 Å². The molecule has 0 unspecified atom stereocenters. The summed E-state index contributed by atoms with van der Waals surface area (Å²) in [5.74, 6) is -3.89. The van der Waals surface area contributed by atoms with Crippen molar-refractivity contribution in [3.63, 3.8) is 0 Å². The van der Waals surface area contributed by atoms with Gasteiger partial charge in [0.25, 0.3) is 0 Å². The summed E-state index contributed by atoms with van der Waals surface area (Å²) in [4.78, 5) is 27.4. The van der Waals surface area contributed by atoms with Gasteiger partial charge in [-0.3, -0.25) is 14.5 Å². The zero-order valence-corrected chi connectivity index (χ0v) is 16.8. The minimum atomic E-state index is -1.56. The molecule has 29 heavy (non-hydrogen) atoms. The van der Waals surface area contributed by atoms with Crippen LogP contribution >= 0.6 is 23.2 Å². The second-order valence-electron chi connectivity index (χ2n) is 7.31. The van der Waals surface area contributed by atoms with Gasteiger partial charge in [-0.15, -0.1) is 0 Å². The number of carbonyl (C=O) groups is 2. The van der Waals surface area contributed by atoms with Crippen LogP contribution in [0.15, 0.2) is 36.4 Å². The highest BCUT2D eigenvalue weighted by Gasteiger charge is 2.67. The van der Waals surface area contributed by atoms with E-state index >= 15 is 4.39 Å². The van der Waals surface area contributed by atoms with Crippen molar-refractivity contribution in [2.45, 2.75) is 24.4 Å². The minimum Gasteiger partial charge on any atom is -0.381 e. The number of nitrogens with two attached hydrogens (primary N) is 1. The third-order valence-electron chi connectivity index (χ3n) is 6.06. The number of amides is 2. The van der Waals surface area contributed by atoms with Crippen LogP contribution in [0.1, 0.15) is 24.0 Å². The molecule has 4 atom stereocenters. The van der Waals surface area contributed by atoms with E-state index in [4.69, 9.17) is 28.9 Å². The molecule has 2 aromatic carbocycles. The van der Waals surface area contributed by atoms with E-state index in [9.17, 15) is 14.7 Å². The lowest BCUT2D eigenvalue weighted by Crippen LogP contribution is -2.51. The lowest BCUT2D eigenvalue weighted by molar-refractivity contribution is -0.130. The van der Waals surface area contributed by atoms with E-state index in [1.165, 1.54) is 17.0 Å². The molecule has 0 aliphatic carbocycles. The topological polar surface area (TPSA) is 95.7 Å². The number of carbonyl (C=O) groups excluding carboxylic acids is 2. The molecule has 4 rings (SSSR count). The largest absolute Gasteiger partial charge is 0.381 e. The maximum Gasteiger partial charge on any atom is 0.250 e. The summed E-state index contributed by atoms with van der Waals surface area (Å²) in [6.45, 7) is 1.14. The highest BCUT2D eigenvalue weighted by molar-refractivity contribution is 6.31. The fourth-order valence-corrected chi connectivity index (χ4v) is 5.29. The van der Waals surface area contributed by atoms with Crippen LogP contribution in [-0.2, 0) is 15.1 Å². The molecule has 9 heteroatoms. The Bertz CT molecular complexity index is 1030. The Labute approximate surface area is 176 Å². The first-order valence-corrected chi connectivity index (χ1v) is 9.73. The van der Waals surface area contributed by atoms with Gasteiger partial charge >= 0.3 is 0 Å². The molecule has 2 aliphatic heterocycles. The normalized spacial score (nSPS) is 28.6. The molecule has 2 aromatic rings. The summed E-state index contributed by atoms with van der Waals surface area (Å²) < 4.78 is 15.1. The van der Waals surface area contributed by atoms with Gasteiger partial charge in [0.1, 0.15) is 11.4 Å². The molecule has 4 N–H and O–H groups in total. The van der Waals surface area contributed by atoms with Crippen LogP contribution in [0.2, 0.25) is 10.0 Å². The SMILES string of the molecule is C[C@H]1[C@@H](C(N)=O)[C@H](c2cccc(Cl)c2F)[C@]2(C(=O)Nc3cc(Cl)ccc32)N1CO. The molecule has 0 aromatic heterocycles. The Hall–Kier alpha value is -2.19. The van der Waals surface area contributed by atoms with Crippen molar-refractivity contribution in [3.05, 3.63) is 63.4 Å². The predicted octanol–water partition coefficient (Wildman–Crippen LogP) is 2.82. The molecule has 1 spiro atoms. The van der Waals surface area contributed by atoms with E-state index in [0.29, 0.717) is 16.3 Å². The monoisotopic (exact) mass is 437 g/mol. The summed E-state index contributed by atoms with van der Waals surface area (Å²) in [5.41, 5.74) is 5.16. The lowest BCUT2D eigenvalue weighted by Gasteiger charge is -2.38. The number of primary amides is 1. The van der Waals surface area contributed by atoms with Gasteiger partial charge in [0.15, 0.2) is 0 Å². The number of likely N-dealkylation sites (tertiary alicyclic amines) is 1. The van der Waals surface area contributed by atoms with Crippen molar-refractivity contribution in [3.8, 4) is 0 Å². The number of fused-ring (bicyclic) bond motifs is 2. The molecular weight excluding hydrogens is 420 g/mol. The van der Waals surface area contributed by atoms with Gasteiger partial charge in [0.05, 0.1) is 17.7 Å². The maximum atomic E-state index is 15.1. The van der Waals surface area contributed by atoms with Crippen LogP contribution in [0.4, 0.5) is 10.1 Å². The van der Waals surface area contributed by atoms with Gasteiger partial charge in [0, 0.05) is 28.2 Å². The Morgan fingerprint density at radius 3 is 2.72 bits per heavy atom. The number of rotatable bonds is 3. The number of aliphatic hydroxyl groups is 1. The van der Waals surface area contributed by atoms with E-state index in [1.54, 1.807) is 31.2 Å². The summed E-state index contributed by atoms with van der Waals surface area (Å²) in [5, 5.41) is 13.2. The second-order valence-corrected chi connectivity index (χ2v) is 8.15. The standard InChI is InChI=1S/C20H18Cl2FN3O3/c1-9-15(18(24)28)16(11-3-2-4-13(22)17(11)23)20(26(9)8-27)12-6-5-10(21)7-14(12)25-19(20)29/h2-7,9,15-16,27H,8H2,1H3,(H2,24,28)(H,25,29)/t9-,15+,16-,20+/m0/s1. The molecule has 1 saturated heterocycles. The maximum absolute atomic E-state index is 15.1. The van der Waals surface area contributed by atoms with Crippen LogP contribution in [-0.4, -0.2) is 34.6 Å². The van der Waals surface area contributed by atoms with Crippen LogP contribution in [0.25, 0.3) is 0 Å². The second kappa shape index (κ2) is 6.95. The number of halogens is 3. The van der Waals surface area contributed by atoms with E-state index in [0.717, 1.165) is 0 Å². The molecule has 0 bridgehead atoms. The molecule has 2 heterocycles. The first-order chi connectivity index (χ1) is 13.7. The zero-order chi connectivity index (χ0) is 21.1. The first-order valence-electron chi connectivity index (χ1n) is 8.97. The number of nitrogens with zero attached hydrogens (tertiary/aromatic N) is 1. The summed E-state index contributed by atoms with van der Waals surface area (Å²) in [7, 11) is 0. The third kappa shape index (κ3) is 2.61. The summed E-state index contributed by atoms with van der Waals surface area (Å²) in [6, 6.07) is 8.60. The number of hydrogen-bond donors (Lipinski definition) is 3. The zero-order valence-electron chi connectivity index (χ0n) is 15.3. The van der Waals surface area contributed by atoms with Crippen molar-refractivity contribution >= 4 is 40.7 Å². The molecule has 6 nitrogen and oxygen atoms in total. The van der Waals surface area contributed by atoms with E-state index < -0.39 is 47.8 Å². The van der Waals surface area contributed by atoms with Crippen molar-refractivity contribution in [2.75, 3.05) is 12.0 Å². The van der Waals surface area contributed by atoms with Crippen molar-refractivity contribution in [1.82, 2.24) is 4.90 Å². The van der Waals surface area contributed by atoms with Gasteiger partial charge in [-0.05, 0) is 30.7 Å². The predicted molar refractivity (Wildman–Crippen MR) is 107 cm³/mol. The highest BCUT2D eigenvalue weighted by Crippen LogP contribution is 2.59. The molecule has 2 amide bonds. The quantitative estimate of drug-likeness (QED) is 0.687. The molecule has 152 valence electrons. The smallest absolute Gasteiger partial charge is 0.250 e. The van der Waals surface area contributed by atoms with Gasteiger partial charge in [-0.2, -0.15) is 0 Å². The number of hydrogen-bond acceptors (Lipinski definition) is 4. The Morgan fingerprint density at radius 2 is 2.07 bits per heavy atom. The van der Waals surface area contributed by atoms with E-state index in [1.807, 2.05) is 0 Å². The van der Waals surface area contributed by atoms with Gasteiger partial charge in [-0.25, -0.2) is 4.39 Å². The molecule has 1 fully saturated rings. The molecular formula is C20H18Cl2FN3O3. The Morgan fingerprint density at radius 1 is 1.34 bits per heavy atom. The molecule has 0 radical (unpaired) electrons. The van der Waals surface area contributed by atoms with E-state index in [-0.39, 0.29) is 10.6 Å². The highest BCUT2D eigenvalue weighted by atomic mass is 35.5. The third-order valence-corrected chi connectivity index (χ3v) is 6.58. The van der Waals surface area contributed by atoms with E-state index in [2.05, 4.69) is 5.32 Å². The average Bonchev–Trinajstić information content (AvgIpc) is 3.09. The number of anilines is 1. The fraction of sp³-hybridized carbons (Fsp3) is 0.300. The molecule has 2 aliphatic rings. The molecule has 0 saturated carbocycles. The number of nitrogens with one attached hydrogen (secondary N) is 1. The van der Waals surface area contributed by atoms with Crippen molar-refractivity contribution in [2.24, 2.45) is 11.7 Å². The van der Waals surface area contributed by atoms with Crippen LogP contribution in [0.3, 0.4) is 0 Å². The van der Waals surface area contributed by atoms with Crippen molar-refractivity contribution < 1.29 is 19.1 Å². The van der Waals surface area contributed by atoms with Crippen molar-refractivity contribution in [1.29, 1.82) is 0 Å². The summed E-state index contributed by atoms with van der Waals surface area (Å²) in [6.07, 6.45) is 0. The number of benzene rings is 2. The van der Waals surface area contributed by atoms with Gasteiger partial charge < -0.3 is 16.2 Å². The fourth-order valence-electron chi connectivity index (χ4n) is 4.94. The summed E-state index contributed by atoms with van der Waals surface area (Å²) >= 11 is 12.1. The van der Waals surface area contributed by atoms with Crippen LogP contribution < -0.4 is 11.1 Å².